The summed E-state index contributed by atoms with van der Waals surface area (Å²) in [4.78, 5) is 18.5. The van der Waals surface area contributed by atoms with Crippen LogP contribution >= 0.6 is 0 Å². The molecule has 28 heavy (non-hydrogen) atoms. The summed E-state index contributed by atoms with van der Waals surface area (Å²) in [5, 5.41) is 6.07. The highest BCUT2D eigenvalue weighted by atomic mass is 16.7. The lowest BCUT2D eigenvalue weighted by Gasteiger charge is -2.34. The van der Waals surface area contributed by atoms with E-state index in [1.165, 1.54) is 0 Å². The lowest BCUT2D eigenvalue weighted by molar-refractivity contribution is -0.121. The topological polar surface area (TPSA) is 84.4 Å². The van der Waals surface area contributed by atoms with Gasteiger partial charge in [-0.25, -0.2) is 4.99 Å². The Balaban J connectivity index is 1.46. The number of amides is 1. The van der Waals surface area contributed by atoms with Crippen molar-refractivity contribution in [2.24, 2.45) is 10.9 Å². The summed E-state index contributed by atoms with van der Waals surface area (Å²) in [5.74, 6) is 3.70. The van der Waals surface area contributed by atoms with Gasteiger partial charge in [0.2, 0.25) is 12.7 Å². The van der Waals surface area contributed by atoms with Crippen LogP contribution in [0.5, 0.6) is 17.2 Å². The minimum absolute atomic E-state index is 0.125. The minimum Gasteiger partial charge on any atom is -0.492 e. The number of aliphatic imine (C=N–C) groups is 1. The van der Waals surface area contributed by atoms with E-state index in [-0.39, 0.29) is 12.7 Å². The molecule has 0 saturated carbocycles. The van der Waals surface area contributed by atoms with Gasteiger partial charge in [-0.1, -0.05) is 0 Å². The molecule has 0 radical (unpaired) electrons. The van der Waals surface area contributed by atoms with Crippen LogP contribution in [0.25, 0.3) is 0 Å². The van der Waals surface area contributed by atoms with E-state index in [2.05, 4.69) is 22.5 Å². The van der Waals surface area contributed by atoms with E-state index in [4.69, 9.17) is 19.2 Å². The van der Waals surface area contributed by atoms with Gasteiger partial charge in [0.25, 0.3) is 0 Å². The molecule has 0 aliphatic carbocycles. The molecule has 0 bridgehead atoms. The third kappa shape index (κ3) is 5.43. The summed E-state index contributed by atoms with van der Waals surface area (Å²) in [7, 11) is 1.69. The van der Waals surface area contributed by atoms with Crippen LogP contribution in [0.4, 0.5) is 0 Å². The van der Waals surface area contributed by atoms with Crippen molar-refractivity contribution in [3.63, 3.8) is 0 Å². The van der Waals surface area contributed by atoms with E-state index in [0.717, 1.165) is 49.9 Å². The van der Waals surface area contributed by atoms with Gasteiger partial charge in [-0.15, -0.1) is 0 Å². The maximum atomic E-state index is 11.6. The van der Waals surface area contributed by atoms with Gasteiger partial charge in [-0.2, -0.15) is 0 Å². The molecule has 3 rings (SSSR count). The number of benzene rings is 1. The van der Waals surface area contributed by atoms with Crippen molar-refractivity contribution in [2.45, 2.75) is 26.2 Å². The molecule has 1 amide bonds. The molecule has 0 aromatic heterocycles. The third-order valence-corrected chi connectivity index (χ3v) is 4.97. The number of carbonyl (C=O) groups is 1. The van der Waals surface area contributed by atoms with E-state index in [9.17, 15) is 4.79 Å². The van der Waals surface area contributed by atoms with Gasteiger partial charge in [0.15, 0.2) is 17.5 Å². The van der Waals surface area contributed by atoms with E-state index >= 15 is 0 Å². The van der Waals surface area contributed by atoms with E-state index in [0.29, 0.717) is 31.2 Å². The number of hydrogen-bond donors (Lipinski definition) is 2. The first-order valence-electron chi connectivity index (χ1n) is 9.96. The highest BCUT2D eigenvalue weighted by Crippen LogP contribution is 2.35. The Bertz CT molecular complexity index is 687. The monoisotopic (exact) mass is 390 g/mol. The zero-order valence-corrected chi connectivity index (χ0v) is 16.7. The van der Waals surface area contributed by atoms with Gasteiger partial charge in [-0.05, 0) is 37.8 Å². The molecule has 2 heterocycles. The Labute approximate surface area is 166 Å². The van der Waals surface area contributed by atoms with Gasteiger partial charge in [-0.3, -0.25) is 4.79 Å². The first-order chi connectivity index (χ1) is 13.7. The average Bonchev–Trinajstić information content (AvgIpc) is 3.19. The van der Waals surface area contributed by atoms with Crippen molar-refractivity contribution in [1.82, 2.24) is 15.5 Å². The number of ether oxygens (including phenoxy) is 3. The summed E-state index contributed by atoms with van der Waals surface area (Å²) in [6.45, 7) is 6.02. The van der Waals surface area contributed by atoms with Gasteiger partial charge < -0.3 is 29.7 Å². The zero-order valence-electron chi connectivity index (χ0n) is 16.7. The Morgan fingerprint density at radius 3 is 2.82 bits per heavy atom. The van der Waals surface area contributed by atoms with Crippen LogP contribution < -0.4 is 24.8 Å². The zero-order chi connectivity index (χ0) is 19.8. The number of piperidine rings is 1. The van der Waals surface area contributed by atoms with Gasteiger partial charge in [0.05, 0.1) is 6.54 Å². The molecular weight excluding hydrogens is 360 g/mol. The van der Waals surface area contributed by atoms with Crippen molar-refractivity contribution in [3.8, 4) is 17.2 Å². The molecule has 1 fully saturated rings. The summed E-state index contributed by atoms with van der Waals surface area (Å²) < 4.78 is 16.5. The number of nitrogens with one attached hydrogen (secondary N) is 2. The quantitative estimate of drug-likeness (QED) is 0.418. The van der Waals surface area contributed by atoms with Gasteiger partial charge in [0.1, 0.15) is 12.4 Å². The highest BCUT2D eigenvalue weighted by Gasteiger charge is 2.23. The van der Waals surface area contributed by atoms with Crippen molar-refractivity contribution >= 4 is 11.9 Å². The van der Waals surface area contributed by atoms with E-state index in [1.54, 1.807) is 7.05 Å². The largest absolute Gasteiger partial charge is 0.492 e. The molecule has 1 aromatic carbocycles. The van der Waals surface area contributed by atoms with Crippen LogP contribution in [0.3, 0.4) is 0 Å². The number of guanidine groups is 1. The molecule has 8 nitrogen and oxygen atoms in total. The molecule has 0 unspecified atom stereocenters. The van der Waals surface area contributed by atoms with Crippen molar-refractivity contribution in [3.05, 3.63) is 18.2 Å². The molecule has 1 aromatic rings. The lowest BCUT2D eigenvalue weighted by Crippen LogP contribution is -2.46. The SMILES string of the molecule is CCNC(=NCCOc1ccc2c(c1)OCO2)N1CCC(CC(=O)NC)CC1. The second-order valence-electron chi connectivity index (χ2n) is 6.91. The molecular formula is C20H30N4O4. The first kappa shape index (κ1) is 20.1. The third-order valence-electron chi connectivity index (χ3n) is 4.97. The number of nitrogens with zero attached hydrogens (tertiary/aromatic N) is 2. The van der Waals surface area contributed by atoms with Crippen molar-refractivity contribution in [2.75, 3.05) is 46.6 Å². The molecule has 2 N–H and O–H groups in total. The van der Waals surface area contributed by atoms with Crippen molar-refractivity contribution in [1.29, 1.82) is 0 Å². The number of likely N-dealkylation sites (tertiary alicyclic amines) is 1. The fourth-order valence-corrected chi connectivity index (χ4v) is 3.42. The number of fused-ring (bicyclic) bond motifs is 1. The summed E-state index contributed by atoms with van der Waals surface area (Å²) in [6, 6.07) is 5.57. The van der Waals surface area contributed by atoms with Crippen LogP contribution in [0.2, 0.25) is 0 Å². The molecule has 2 aliphatic heterocycles. The first-order valence-corrected chi connectivity index (χ1v) is 9.96. The van der Waals surface area contributed by atoms with Crippen LogP contribution in [-0.4, -0.2) is 63.4 Å². The Morgan fingerprint density at radius 2 is 2.07 bits per heavy atom. The maximum absolute atomic E-state index is 11.6. The molecule has 154 valence electrons. The van der Waals surface area contributed by atoms with Crippen LogP contribution in [0.1, 0.15) is 26.2 Å². The van der Waals surface area contributed by atoms with Crippen LogP contribution in [-0.2, 0) is 4.79 Å². The fraction of sp³-hybridized carbons (Fsp3) is 0.600. The van der Waals surface area contributed by atoms with E-state index < -0.39 is 0 Å². The second-order valence-corrected chi connectivity index (χ2v) is 6.91. The predicted octanol–water partition coefficient (Wildman–Crippen LogP) is 1.61. The number of rotatable bonds is 7. The smallest absolute Gasteiger partial charge is 0.231 e. The van der Waals surface area contributed by atoms with Crippen molar-refractivity contribution < 1.29 is 19.0 Å². The van der Waals surface area contributed by atoms with Crippen LogP contribution in [0, 0.1) is 5.92 Å². The Kier molecular flexibility index (Phi) is 7.22. The molecule has 8 heteroatoms. The average molecular weight is 390 g/mol. The normalized spacial score (nSPS) is 16.8. The standard InChI is InChI=1S/C20H30N4O4/c1-3-22-20(24-9-6-15(7-10-24)12-19(25)21-2)23-8-11-26-16-4-5-17-18(13-16)28-14-27-17/h4-5,13,15H,3,6-12,14H2,1-2H3,(H,21,25)(H,22,23). The molecule has 1 saturated heterocycles. The fourth-order valence-electron chi connectivity index (χ4n) is 3.42. The predicted molar refractivity (Wildman–Crippen MR) is 107 cm³/mol. The summed E-state index contributed by atoms with van der Waals surface area (Å²) in [6.07, 6.45) is 2.62. The minimum atomic E-state index is 0.125. The Hall–Kier alpha value is -2.64. The molecule has 0 spiro atoms. The molecule has 2 aliphatic rings. The van der Waals surface area contributed by atoms with Gasteiger partial charge >= 0.3 is 0 Å². The van der Waals surface area contributed by atoms with Gasteiger partial charge in [0, 0.05) is 39.2 Å². The highest BCUT2D eigenvalue weighted by molar-refractivity contribution is 5.80. The van der Waals surface area contributed by atoms with E-state index in [1.807, 2.05) is 18.2 Å². The summed E-state index contributed by atoms with van der Waals surface area (Å²) in [5.41, 5.74) is 0. The van der Waals surface area contributed by atoms with Crippen LogP contribution in [0.15, 0.2) is 23.2 Å². The second kappa shape index (κ2) is 10.1. The Morgan fingerprint density at radius 1 is 1.29 bits per heavy atom. The number of carbonyl (C=O) groups excluding carboxylic acids is 1. The number of hydrogen-bond acceptors (Lipinski definition) is 5. The molecule has 0 atom stereocenters. The maximum Gasteiger partial charge on any atom is 0.231 e. The lowest BCUT2D eigenvalue weighted by atomic mass is 9.93. The summed E-state index contributed by atoms with van der Waals surface area (Å²) >= 11 is 0.